The number of carbonyl (C=O) groups is 1. The van der Waals surface area contributed by atoms with Crippen molar-refractivity contribution in [2.75, 3.05) is 5.32 Å². The number of benzene rings is 2. The minimum atomic E-state index is -0.779. The number of amides is 1. The average molecular weight is 353 g/mol. The summed E-state index contributed by atoms with van der Waals surface area (Å²) in [7, 11) is 0. The first-order chi connectivity index (χ1) is 12.4. The summed E-state index contributed by atoms with van der Waals surface area (Å²) < 4.78 is 18.9. The Kier molecular flexibility index (Phi) is 5.07. The van der Waals surface area contributed by atoms with Crippen LogP contribution < -0.4 is 10.1 Å². The van der Waals surface area contributed by atoms with Crippen LogP contribution in [-0.2, 0) is 4.79 Å². The van der Waals surface area contributed by atoms with Gasteiger partial charge < -0.3 is 15.2 Å². The van der Waals surface area contributed by atoms with Crippen LogP contribution in [0.15, 0.2) is 66.2 Å². The molecule has 1 aliphatic carbocycles. The second-order valence-corrected chi connectivity index (χ2v) is 6.33. The molecule has 0 fully saturated rings. The van der Waals surface area contributed by atoms with Gasteiger partial charge in [-0.1, -0.05) is 17.7 Å². The molecule has 1 aliphatic rings. The molecule has 26 heavy (non-hydrogen) atoms. The molecule has 134 valence electrons. The van der Waals surface area contributed by atoms with Crippen molar-refractivity contribution in [2.24, 2.45) is 5.92 Å². The monoisotopic (exact) mass is 353 g/mol. The molecular weight excluding hydrogens is 333 g/mol. The molecule has 2 N–H and O–H groups in total. The van der Waals surface area contributed by atoms with E-state index in [0.29, 0.717) is 11.4 Å². The molecule has 5 heteroatoms. The molecule has 0 radical (unpaired) electrons. The zero-order valence-electron chi connectivity index (χ0n) is 14.6. The normalized spacial score (nSPS) is 16.5. The molecule has 0 saturated carbocycles. The smallest absolute Gasteiger partial charge is 0.235 e. The zero-order chi connectivity index (χ0) is 18.7. The van der Waals surface area contributed by atoms with E-state index in [2.05, 4.69) is 5.32 Å². The number of aliphatic hydroxyl groups is 1. The maximum absolute atomic E-state index is 13.1. The van der Waals surface area contributed by atoms with Gasteiger partial charge in [-0.3, -0.25) is 4.79 Å². The highest BCUT2D eigenvalue weighted by atomic mass is 19.1. The lowest BCUT2D eigenvalue weighted by Gasteiger charge is -2.18. The van der Waals surface area contributed by atoms with Gasteiger partial charge in [0.15, 0.2) is 0 Å². The number of anilines is 1. The summed E-state index contributed by atoms with van der Waals surface area (Å²) in [5.74, 6) is -0.523. The Bertz CT molecular complexity index is 885. The fraction of sp³-hybridized carbons (Fsp3) is 0.190. The van der Waals surface area contributed by atoms with Gasteiger partial charge in [0.2, 0.25) is 5.91 Å². The first kappa shape index (κ1) is 17.7. The second kappa shape index (κ2) is 7.44. The van der Waals surface area contributed by atoms with Crippen LogP contribution in [0, 0.1) is 19.8 Å². The Morgan fingerprint density at radius 1 is 1.19 bits per heavy atom. The fourth-order valence-electron chi connectivity index (χ4n) is 2.70. The van der Waals surface area contributed by atoms with Crippen LogP contribution in [0.3, 0.4) is 0 Å². The summed E-state index contributed by atoms with van der Waals surface area (Å²) in [6.45, 7) is 3.89. The van der Waals surface area contributed by atoms with Gasteiger partial charge in [0.1, 0.15) is 23.1 Å². The number of allylic oxidation sites excluding steroid dienone is 3. The van der Waals surface area contributed by atoms with Gasteiger partial charge in [-0.25, -0.2) is 4.39 Å². The Labute approximate surface area is 151 Å². The van der Waals surface area contributed by atoms with E-state index in [4.69, 9.17) is 4.74 Å². The van der Waals surface area contributed by atoms with Gasteiger partial charge in [0, 0.05) is 11.8 Å². The van der Waals surface area contributed by atoms with Crippen molar-refractivity contribution < 1.29 is 19.0 Å². The highest BCUT2D eigenvalue weighted by molar-refractivity contribution is 5.94. The number of rotatable bonds is 4. The maximum Gasteiger partial charge on any atom is 0.235 e. The van der Waals surface area contributed by atoms with Gasteiger partial charge in [0.05, 0.1) is 5.92 Å². The predicted molar refractivity (Wildman–Crippen MR) is 99.1 cm³/mol. The zero-order valence-corrected chi connectivity index (χ0v) is 14.6. The molecule has 0 saturated heterocycles. The molecule has 0 aromatic heterocycles. The molecule has 1 unspecified atom stereocenters. The third kappa shape index (κ3) is 4.11. The second-order valence-electron chi connectivity index (χ2n) is 6.33. The van der Waals surface area contributed by atoms with Crippen LogP contribution in [0.2, 0.25) is 0 Å². The Morgan fingerprint density at radius 3 is 2.58 bits per heavy atom. The topological polar surface area (TPSA) is 58.6 Å². The quantitative estimate of drug-likeness (QED) is 0.779. The molecule has 1 amide bonds. The van der Waals surface area contributed by atoms with Crippen molar-refractivity contribution in [3.63, 3.8) is 0 Å². The molecule has 0 spiro atoms. The number of nitrogens with one attached hydrogen (secondary N) is 1. The Hall–Kier alpha value is -3.08. The van der Waals surface area contributed by atoms with E-state index >= 15 is 0 Å². The number of aryl methyl sites for hydroxylation is 2. The summed E-state index contributed by atoms with van der Waals surface area (Å²) in [4.78, 5) is 12.3. The summed E-state index contributed by atoms with van der Waals surface area (Å²) in [6, 6.07) is 13.0. The van der Waals surface area contributed by atoms with E-state index in [1.54, 1.807) is 18.2 Å². The van der Waals surface area contributed by atoms with Gasteiger partial charge >= 0.3 is 0 Å². The minimum Gasteiger partial charge on any atom is -0.511 e. The number of hydrogen-bond donors (Lipinski definition) is 2. The number of carbonyl (C=O) groups excluding carboxylic acids is 1. The van der Waals surface area contributed by atoms with Crippen molar-refractivity contribution in [1.29, 1.82) is 0 Å². The Morgan fingerprint density at radius 2 is 1.92 bits per heavy atom. The molecule has 1 atom stereocenters. The third-order valence-electron chi connectivity index (χ3n) is 4.20. The summed E-state index contributed by atoms with van der Waals surface area (Å²) in [5, 5.41) is 12.5. The van der Waals surface area contributed by atoms with Gasteiger partial charge in [-0.15, -0.1) is 0 Å². The van der Waals surface area contributed by atoms with Gasteiger partial charge in [0.25, 0.3) is 0 Å². The van der Waals surface area contributed by atoms with Crippen LogP contribution in [0.25, 0.3) is 0 Å². The van der Waals surface area contributed by atoms with Crippen LogP contribution >= 0.6 is 0 Å². The van der Waals surface area contributed by atoms with Gasteiger partial charge in [-0.05, 0) is 62.2 Å². The lowest BCUT2D eigenvalue weighted by atomic mass is 9.97. The third-order valence-corrected chi connectivity index (χ3v) is 4.20. The lowest BCUT2D eigenvalue weighted by molar-refractivity contribution is -0.119. The van der Waals surface area contributed by atoms with E-state index in [-0.39, 0.29) is 18.1 Å². The van der Waals surface area contributed by atoms with E-state index in [1.165, 1.54) is 6.08 Å². The first-order valence-corrected chi connectivity index (χ1v) is 8.34. The van der Waals surface area contributed by atoms with Crippen molar-refractivity contribution >= 4 is 11.6 Å². The van der Waals surface area contributed by atoms with Crippen molar-refractivity contribution in [1.82, 2.24) is 0 Å². The lowest BCUT2D eigenvalue weighted by Crippen LogP contribution is -2.25. The predicted octanol–water partition coefficient (Wildman–Crippen LogP) is 5.35. The van der Waals surface area contributed by atoms with E-state index in [9.17, 15) is 14.3 Å². The van der Waals surface area contributed by atoms with Gasteiger partial charge in [-0.2, -0.15) is 0 Å². The molecule has 0 heterocycles. The SMILES string of the molecule is Cc1ccc(Oc2ccc(NC(=O)C3CC=C(F)C=C3O)cc2C)cc1. The Balaban J connectivity index is 1.68. The summed E-state index contributed by atoms with van der Waals surface area (Å²) >= 11 is 0. The molecule has 4 nitrogen and oxygen atoms in total. The molecule has 0 bridgehead atoms. The number of aliphatic hydroxyl groups excluding tert-OH is 1. The van der Waals surface area contributed by atoms with E-state index in [1.807, 2.05) is 38.1 Å². The number of hydrogen-bond acceptors (Lipinski definition) is 3. The molecule has 0 aliphatic heterocycles. The van der Waals surface area contributed by atoms with Crippen LogP contribution in [0.1, 0.15) is 17.5 Å². The van der Waals surface area contributed by atoms with Crippen LogP contribution in [0.5, 0.6) is 11.5 Å². The summed E-state index contributed by atoms with van der Waals surface area (Å²) in [6.07, 6.45) is 2.39. The van der Waals surface area contributed by atoms with Crippen molar-refractivity contribution in [3.05, 3.63) is 77.3 Å². The maximum atomic E-state index is 13.1. The molecular formula is C21H20FNO3. The van der Waals surface area contributed by atoms with Crippen molar-refractivity contribution in [2.45, 2.75) is 20.3 Å². The summed E-state index contributed by atoms with van der Waals surface area (Å²) in [5.41, 5.74) is 2.60. The highest BCUT2D eigenvalue weighted by Gasteiger charge is 2.25. The standard InChI is InChI=1S/C21H20FNO3/c1-13-3-7-17(8-4-13)26-20-10-6-16(11-14(20)2)23-21(25)18-9-5-15(22)12-19(18)24/h3-8,10-12,18,24H,9H2,1-2H3,(H,23,25). The van der Waals surface area contributed by atoms with E-state index in [0.717, 1.165) is 23.0 Å². The van der Waals surface area contributed by atoms with Crippen LogP contribution in [0.4, 0.5) is 10.1 Å². The first-order valence-electron chi connectivity index (χ1n) is 8.34. The number of halogens is 1. The fourth-order valence-corrected chi connectivity index (χ4v) is 2.70. The largest absolute Gasteiger partial charge is 0.511 e. The van der Waals surface area contributed by atoms with E-state index < -0.39 is 11.7 Å². The van der Waals surface area contributed by atoms with Crippen molar-refractivity contribution in [3.8, 4) is 11.5 Å². The molecule has 3 rings (SSSR count). The average Bonchev–Trinajstić information content (AvgIpc) is 2.59. The molecule has 2 aromatic rings. The number of ether oxygens (including phenoxy) is 1. The van der Waals surface area contributed by atoms with Crippen LogP contribution in [-0.4, -0.2) is 11.0 Å². The molecule has 2 aromatic carbocycles. The highest BCUT2D eigenvalue weighted by Crippen LogP contribution is 2.29. The minimum absolute atomic E-state index is 0.133.